The zero-order valence-corrected chi connectivity index (χ0v) is 17.4. The first-order valence-electron chi connectivity index (χ1n) is 9.33. The van der Waals surface area contributed by atoms with Gasteiger partial charge in [-0.1, -0.05) is 6.92 Å². The van der Waals surface area contributed by atoms with Gasteiger partial charge in [0.1, 0.15) is 5.75 Å². The minimum Gasteiger partial charge on any atom is -0.494 e. The van der Waals surface area contributed by atoms with Crippen molar-refractivity contribution in [1.82, 2.24) is 9.36 Å². The molecule has 0 spiro atoms. The van der Waals surface area contributed by atoms with Gasteiger partial charge in [-0.3, -0.25) is 10.1 Å². The molecule has 0 unspecified atom stereocenters. The number of benzene rings is 2. The zero-order valence-electron chi connectivity index (χ0n) is 16.6. The van der Waals surface area contributed by atoms with Crippen molar-refractivity contribution in [3.63, 3.8) is 0 Å². The number of carbonyl (C=O) groups is 1. The Morgan fingerprint density at radius 2 is 1.86 bits per heavy atom. The van der Waals surface area contributed by atoms with Gasteiger partial charge in [0, 0.05) is 22.7 Å². The van der Waals surface area contributed by atoms with E-state index in [9.17, 15) is 4.79 Å². The second-order valence-electron chi connectivity index (χ2n) is 6.05. The van der Waals surface area contributed by atoms with Crippen LogP contribution in [0.1, 0.15) is 30.6 Å². The first kappa shape index (κ1) is 20.6. The number of hydrogen-bond donors (Lipinski definition) is 1. The SMILES string of the molecule is CCCOc1ccc(-c2nsc(NC(=O)c3ccc(OCC)cc3)n2)cc1OC. The van der Waals surface area contributed by atoms with Crippen molar-refractivity contribution in [2.75, 3.05) is 25.6 Å². The second-order valence-corrected chi connectivity index (χ2v) is 6.80. The van der Waals surface area contributed by atoms with E-state index in [1.165, 1.54) is 0 Å². The lowest BCUT2D eigenvalue weighted by molar-refractivity contribution is 0.102. The minimum atomic E-state index is -0.253. The van der Waals surface area contributed by atoms with E-state index in [4.69, 9.17) is 14.2 Å². The van der Waals surface area contributed by atoms with E-state index in [1.54, 1.807) is 31.4 Å². The maximum atomic E-state index is 12.4. The third-order valence-corrected chi connectivity index (χ3v) is 4.59. The predicted molar refractivity (Wildman–Crippen MR) is 113 cm³/mol. The second kappa shape index (κ2) is 9.88. The standard InChI is InChI=1S/C21H23N3O4S/c1-4-12-28-17-11-8-15(13-18(17)26-3)19-22-21(29-24-19)23-20(25)14-6-9-16(10-7-14)27-5-2/h6-11,13H,4-5,12H2,1-3H3,(H,22,23,24,25). The van der Waals surface area contributed by atoms with Crippen LogP contribution in [0.2, 0.25) is 0 Å². The fraction of sp³-hybridized carbons (Fsp3) is 0.286. The Morgan fingerprint density at radius 1 is 1.07 bits per heavy atom. The normalized spacial score (nSPS) is 10.4. The first-order valence-corrected chi connectivity index (χ1v) is 10.1. The monoisotopic (exact) mass is 413 g/mol. The highest BCUT2D eigenvalue weighted by Gasteiger charge is 2.14. The first-order chi connectivity index (χ1) is 14.1. The number of nitrogens with zero attached hydrogens (tertiary/aromatic N) is 2. The van der Waals surface area contributed by atoms with Gasteiger partial charge in [0.05, 0.1) is 20.3 Å². The van der Waals surface area contributed by atoms with Crippen molar-refractivity contribution in [2.45, 2.75) is 20.3 Å². The largest absolute Gasteiger partial charge is 0.494 e. The molecule has 1 N–H and O–H groups in total. The number of amides is 1. The Labute approximate surface area is 173 Å². The molecule has 1 amide bonds. The fourth-order valence-electron chi connectivity index (χ4n) is 2.57. The molecule has 152 valence electrons. The quantitative estimate of drug-likeness (QED) is 0.550. The summed E-state index contributed by atoms with van der Waals surface area (Å²) < 4.78 is 20.8. The molecular weight excluding hydrogens is 390 g/mol. The van der Waals surface area contributed by atoms with Crippen LogP contribution in [0.3, 0.4) is 0 Å². The Kier molecular flexibility index (Phi) is 7.02. The van der Waals surface area contributed by atoms with E-state index in [1.807, 2.05) is 32.0 Å². The summed E-state index contributed by atoms with van der Waals surface area (Å²) in [5.41, 5.74) is 1.30. The number of anilines is 1. The van der Waals surface area contributed by atoms with Crippen LogP contribution in [0.5, 0.6) is 17.2 Å². The summed E-state index contributed by atoms with van der Waals surface area (Å²) in [5.74, 6) is 2.28. The van der Waals surface area contributed by atoms with Gasteiger partial charge in [0.2, 0.25) is 5.13 Å². The molecule has 0 aliphatic rings. The van der Waals surface area contributed by atoms with Gasteiger partial charge in [-0.05, 0) is 55.8 Å². The Morgan fingerprint density at radius 3 is 2.55 bits per heavy atom. The van der Waals surface area contributed by atoms with Crippen LogP contribution in [-0.4, -0.2) is 35.6 Å². The van der Waals surface area contributed by atoms with E-state index in [-0.39, 0.29) is 5.91 Å². The van der Waals surface area contributed by atoms with Gasteiger partial charge >= 0.3 is 0 Å². The summed E-state index contributed by atoms with van der Waals surface area (Å²) in [6.07, 6.45) is 0.913. The molecule has 0 saturated heterocycles. The Balaban J connectivity index is 1.71. The topological polar surface area (TPSA) is 82.6 Å². The van der Waals surface area contributed by atoms with E-state index in [0.717, 1.165) is 29.3 Å². The molecule has 0 atom stereocenters. The molecule has 3 rings (SSSR count). The number of carbonyl (C=O) groups excluding carboxylic acids is 1. The maximum absolute atomic E-state index is 12.4. The Hall–Kier alpha value is -3.13. The van der Waals surface area contributed by atoms with Crippen LogP contribution >= 0.6 is 11.5 Å². The van der Waals surface area contributed by atoms with Crippen LogP contribution in [0.4, 0.5) is 5.13 Å². The number of rotatable bonds is 9. The van der Waals surface area contributed by atoms with Crippen molar-refractivity contribution >= 4 is 22.6 Å². The number of ether oxygens (including phenoxy) is 3. The lowest BCUT2D eigenvalue weighted by Gasteiger charge is -2.10. The highest BCUT2D eigenvalue weighted by molar-refractivity contribution is 7.10. The van der Waals surface area contributed by atoms with Gasteiger partial charge in [-0.15, -0.1) is 0 Å². The molecule has 1 aromatic heterocycles. The van der Waals surface area contributed by atoms with Crippen molar-refractivity contribution in [3.8, 4) is 28.6 Å². The van der Waals surface area contributed by atoms with Gasteiger partial charge in [-0.25, -0.2) is 0 Å². The maximum Gasteiger partial charge on any atom is 0.257 e. The lowest BCUT2D eigenvalue weighted by atomic mass is 10.2. The van der Waals surface area contributed by atoms with E-state index < -0.39 is 0 Å². The number of methoxy groups -OCH3 is 1. The third kappa shape index (κ3) is 5.23. The highest BCUT2D eigenvalue weighted by atomic mass is 32.1. The van der Waals surface area contributed by atoms with Gasteiger partial charge in [-0.2, -0.15) is 9.36 Å². The van der Waals surface area contributed by atoms with E-state index in [2.05, 4.69) is 14.7 Å². The highest BCUT2D eigenvalue weighted by Crippen LogP contribution is 2.32. The smallest absolute Gasteiger partial charge is 0.257 e. The number of hydrogen-bond acceptors (Lipinski definition) is 7. The van der Waals surface area contributed by atoms with Crippen molar-refractivity contribution < 1.29 is 19.0 Å². The Bertz CT molecular complexity index is 957. The summed E-state index contributed by atoms with van der Waals surface area (Å²) >= 11 is 1.12. The van der Waals surface area contributed by atoms with Crippen LogP contribution in [0.25, 0.3) is 11.4 Å². The van der Waals surface area contributed by atoms with Gasteiger partial charge in [0.15, 0.2) is 17.3 Å². The molecule has 2 aromatic carbocycles. The van der Waals surface area contributed by atoms with E-state index >= 15 is 0 Å². The summed E-state index contributed by atoms with van der Waals surface area (Å²) in [7, 11) is 1.59. The molecule has 29 heavy (non-hydrogen) atoms. The molecule has 0 aliphatic heterocycles. The number of aromatic nitrogens is 2. The van der Waals surface area contributed by atoms with Crippen LogP contribution < -0.4 is 19.5 Å². The predicted octanol–water partition coefficient (Wildman–Crippen LogP) is 4.65. The fourth-order valence-corrected chi connectivity index (χ4v) is 3.15. The molecule has 0 bridgehead atoms. The lowest BCUT2D eigenvalue weighted by Crippen LogP contribution is -2.11. The van der Waals surface area contributed by atoms with Crippen molar-refractivity contribution in [2.24, 2.45) is 0 Å². The molecule has 1 heterocycles. The molecule has 8 heteroatoms. The van der Waals surface area contributed by atoms with Crippen molar-refractivity contribution in [1.29, 1.82) is 0 Å². The zero-order chi connectivity index (χ0) is 20.6. The summed E-state index contributed by atoms with van der Waals surface area (Å²) in [5, 5.41) is 3.20. The van der Waals surface area contributed by atoms with E-state index in [0.29, 0.717) is 41.2 Å². The number of nitrogens with one attached hydrogen (secondary N) is 1. The molecule has 7 nitrogen and oxygen atoms in total. The molecule has 3 aromatic rings. The van der Waals surface area contributed by atoms with Crippen LogP contribution in [-0.2, 0) is 0 Å². The van der Waals surface area contributed by atoms with Crippen molar-refractivity contribution in [3.05, 3.63) is 48.0 Å². The van der Waals surface area contributed by atoms with Crippen LogP contribution in [0, 0.1) is 0 Å². The average molecular weight is 413 g/mol. The molecule has 0 fully saturated rings. The van der Waals surface area contributed by atoms with Crippen LogP contribution in [0.15, 0.2) is 42.5 Å². The molecule has 0 saturated carbocycles. The van der Waals surface area contributed by atoms with Gasteiger partial charge in [0.25, 0.3) is 5.91 Å². The molecular formula is C21H23N3O4S. The third-order valence-electron chi connectivity index (χ3n) is 3.96. The molecule has 0 radical (unpaired) electrons. The summed E-state index contributed by atoms with van der Waals surface area (Å²) in [6, 6.07) is 12.5. The summed E-state index contributed by atoms with van der Waals surface area (Å²) in [4.78, 5) is 16.8. The minimum absolute atomic E-state index is 0.253. The molecule has 0 aliphatic carbocycles. The van der Waals surface area contributed by atoms with Gasteiger partial charge < -0.3 is 14.2 Å². The summed E-state index contributed by atoms with van der Waals surface area (Å²) in [6.45, 7) is 5.15. The average Bonchev–Trinajstić information content (AvgIpc) is 3.21.